The van der Waals surface area contributed by atoms with E-state index >= 15 is 0 Å². The number of hydrogen-bond donors (Lipinski definition) is 2. The minimum atomic E-state index is -0.259. The molecule has 4 aliphatic carbocycles. The maximum Gasteiger partial charge on any atom is 0.146 e. The smallest absolute Gasteiger partial charge is 0.146 e. The Kier molecular flexibility index (Phi) is 7.39. The molecule has 4 rings (SSSR count). The van der Waals surface area contributed by atoms with Gasteiger partial charge in [0.05, 0.1) is 12.2 Å². The second-order valence-corrected chi connectivity index (χ2v) is 12.8. The van der Waals surface area contributed by atoms with E-state index in [2.05, 4.69) is 34.6 Å². The summed E-state index contributed by atoms with van der Waals surface area (Å²) in [7, 11) is 1.74. The van der Waals surface area contributed by atoms with Gasteiger partial charge in [-0.05, 0) is 96.7 Å². The van der Waals surface area contributed by atoms with Gasteiger partial charge in [0.2, 0.25) is 0 Å². The van der Waals surface area contributed by atoms with Crippen LogP contribution in [0.1, 0.15) is 86.0 Å². The third-order valence-corrected chi connectivity index (χ3v) is 11.3. The predicted octanol–water partition coefficient (Wildman–Crippen LogP) is 5.51. The van der Waals surface area contributed by atoms with E-state index in [-0.39, 0.29) is 30.1 Å². The molecule has 12 atom stereocenters. The zero-order chi connectivity index (χ0) is 23.3. The molecule has 0 saturated heterocycles. The van der Waals surface area contributed by atoms with Gasteiger partial charge in [-0.3, -0.25) is 0 Å². The largest absolute Gasteiger partial charge is 0.396 e. The van der Waals surface area contributed by atoms with Crippen molar-refractivity contribution in [3.8, 4) is 0 Å². The number of aliphatic hydroxyl groups excluding tert-OH is 2. The lowest BCUT2D eigenvalue weighted by atomic mass is 9.41. The maximum atomic E-state index is 11.3. The molecule has 4 unspecified atom stereocenters. The fourth-order valence-electron chi connectivity index (χ4n) is 9.99. The first-order valence-electron chi connectivity index (χ1n) is 13.6. The molecule has 2 N–H and O–H groups in total. The normalized spacial score (nSPS) is 51.6. The van der Waals surface area contributed by atoms with Crippen molar-refractivity contribution in [3.63, 3.8) is 0 Å². The summed E-state index contributed by atoms with van der Waals surface area (Å²) < 4.78 is 12.1. The Morgan fingerprint density at radius 2 is 1.75 bits per heavy atom. The summed E-state index contributed by atoms with van der Waals surface area (Å²) in [6.07, 6.45) is 9.35. The van der Waals surface area contributed by atoms with Crippen molar-refractivity contribution in [1.29, 1.82) is 0 Å². The Balaban J connectivity index is 1.74. The lowest BCUT2D eigenvalue weighted by Crippen LogP contribution is -2.62. The zero-order valence-corrected chi connectivity index (χ0v) is 21.6. The van der Waals surface area contributed by atoms with Crippen LogP contribution in [0.25, 0.3) is 0 Å². The van der Waals surface area contributed by atoms with Crippen molar-refractivity contribution in [1.82, 2.24) is 0 Å². The molecule has 0 aliphatic heterocycles. The number of ether oxygens (including phenoxy) is 2. The summed E-state index contributed by atoms with van der Waals surface area (Å²) in [5, 5.41) is 21.0. The van der Waals surface area contributed by atoms with E-state index < -0.39 is 0 Å². The van der Waals surface area contributed by atoms with Crippen LogP contribution in [-0.4, -0.2) is 42.9 Å². The molecular weight excluding hydrogens is 400 g/mol. The van der Waals surface area contributed by atoms with E-state index in [0.29, 0.717) is 41.8 Å². The molecule has 186 valence electrons. The summed E-state index contributed by atoms with van der Waals surface area (Å²) in [5.74, 6) is 4.44. The van der Waals surface area contributed by atoms with Gasteiger partial charge >= 0.3 is 0 Å². The molecule has 32 heavy (non-hydrogen) atoms. The minimum absolute atomic E-state index is 0.132. The first-order chi connectivity index (χ1) is 15.2. The van der Waals surface area contributed by atoms with Crippen LogP contribution in [0, 0.1) is 58.2 Å². The molecule has 0 amide bonds. The third-order valence-electron chi connectivity index (χ3n) is 11.3. The van der Waals surface area contributed by atoms with Crippen LogP contribution in [-0.2, 0) is 9.47 Å². The van der Waals surface area contributed by atoms with Gasteiger partial charge in [0.1, 0.15) is 6.79 Å². The number of rotatable bonds is 7. The Labute approximate surface area is 196 Å². The second-order valence-electron chi connectivity index (χ2n) is 12.8. The maximum absolute atomic E-state index is 11.3. The predicted molar refractivity (Wildman–Crippen MR) is 128 cm³/mol. The van der Waals surface area contributed by atoms with Gasteiger partial charge in [0.25, 0.3) is 0 Å². The van der Waals surface area contributed by atoms with Gasteiger partial charge in [0.15, 0.2) is 0 Å². The van der Waals surface area contributed by atoms with Crippen molar-refractivity contribution < 1.29 is 19.7 Å². The van der Waals surface area contributed by atoms with Gasteiger partial charge in [0, 0.05) is 13.7 Å². The summed E-state index contributed by atoms with van der Waals surface area (Å²) in [4.78, 5) is 0. The van der Waals surface area contributed by atoms with Gasteiger partial charge < -0.3 is 19.7 Å². The highest BCUT2D eigenvalue weighted by Crippen LogP contribution is 2.70. The summed E-state index contributed by atoms with van der Waals surface area (Å²) in [5.41, 5.74) is 0.527. The first kappa shape index (κ1) is 24.9. The third kappa shape index (κ3) is 3.80. The molecule has 0 bridgehead atoms. The molecule has 0 aromatic carbocycles. The molecule has 0 heterocycles. The van der Waals surface area contributed by atoms with Crippen molar-refractivity contribution in [2.24, 2.45) is 58.2 Å². The van der Waals surface area contributed by atoms with E-state index in [1.54, 1.807) is 7.11 Å². The van der Waals surface area contributed by atoms with Gasteiger partial charge in [-0.25, -0.2) is 0 Å². The summed E-state index contributed by atoms with van der Waals surface area (Å²) in [6.45, 7) is 12.7. The van der Waals surface area contributed by atoms with Crippen LogP contribution in [0.15, 0.2) is 0 Å². The highest BCUT2D eigenvalue weighted by Gasteiger charge is 2.66. The standard InChI is InChI=1S/C28H50O4/c1-7-19-21-14-17(2)8-11-27(21,4)20-9-12-28(5)22(24(20)26(19)32-16-31-6)15-23(30)25(28)18(3)10-13-29/h17-26,29-30H,7-16H2,1-6H3/t17-,18-,19-,20?,21+,22?,23+,24?,25+,26?,27-,28+/m1/s1. The van der Waals surface area contributed by atoms with Crippen LogP contribution >= 0.6 is 0 Å². The molecule has 4 fully saturated rings. The molecule has 4 nitrogen and oxygen atoms in total. The SMILES string of the molecule is CC[C@H]1C(OCOC)C2C3C[C@H](O)[C@H]([C@H](C)CCO)[C@@]3(C)CCC2[C@@]2(C)CC[C@@H](C)C[C@@H]12. The lowest BCUT2D eigenvalue weighted by molar-refractivity contribution is -0.231. The minimum Gasteiger partial charge on any atom is -0.396 e. The highest BCUT2D eigenvalue weighted by atomic mass is 16.7. The summed E-state index contributed by atoms with van der Waals surface area (Å²) in [6, 6.07) is 0. The Morgan fingerprint density at radius 3 is 2.41 bits per heavy atom. The summed E-state index contributed by atoms with van der Waals surface area (Å²) >= 11 is 0. The van der Waals surface area contributed by atoms with E-state index in [4.69, 9.17) is 9.47 Å². The molecule has 0 spiro atoms. The van der Waals surface area contributed by atoms with Crippen LogP contribution in [0.2, 0.25) is 0 Å². The van der Waals surface area contributed by atoms with Gasteiger partial charge in [-0.2, -0.15) is 0 Å². The Bertz CT molecular complexity index is 639. The zero-order valence-electron chi connectivity index (χ0n) is 21.6. The quantitative estimate of drug-likeness (QED) is 0.502. The van der Waals surface area contributed by atoms with E-state index in [9.17, 15) is 10.2 Å². The van der Waals surface area contributed by atoms with E-state index in [0.717, 1.165) is 24.7 Å². The number of methoxy groups -OCH3 is 1. The fraction of sp³-hybridized carbons (Fsp3) is 1.00. The van der Waals surface area contributed by atoms with Gasteiger partial charge in [-0.1, -0.05) is 47.5 Å². The van der Waals surface area contributed by atoms with Crippen molar-refractivity contribution >= 4 is 0 Å². The molecule has 4 saturated carbocycles. The molecule has 4 heteroatoms. The van der Waals surface area contributed by atoms with Crippen molar-refractivity contribution in [2.45, 2.75) is 98.2 Å². The average molecular weight is 451 g/mol. The Morgan fingerprint density at radius 1 is 1.03 bits per heavy atom. The lowest BCUT2D eigenvalue weighted by Gasteiger charge is -2.65. The topological polar surface area (TPSA) is 58.9 Å². The highest BCUT2D eigenvalue weighted by molar-refractivity contribution is 5.15. The van der Waals surface area contributed by atoms with Gasteiger partial charge in [-0.15, -0.1) is 0 Å². The van der Waals surface area contributed by atoms with Crippen LogP contribution in [0.5, 0.6) is 0 Å². The molecule has 0 radical (unpaired) electrons. The molecule has 4 aliphatic rings. The molecular formula is C28H50O4. The van der Waals surface area contributed by atoms with Crippen molar-refractivity contribution in [3.05, 3.63) is 0 Å². The monoisotopic (exact) mass is 450 g/mol. The fourth-order valence-corrected chi connectivity index (χ4v) is 9.99. The van der Waals surface area contributed by atoms with Crippen LogP contribution in [0.4, 0.5) is 0 Å². The first-order valence-corrected chi connectivity index (χ1v) is 13.6. The number of hydrogen-bond acceptors (Lipinski definition) is 4. The molecule has 0 aromatic heterocycles. The second kappa shape index (κ2) is 9.47. The van der Waals surface area contributed by atoms with Crippen LogP contribution in [0.3, 0.4) is 0 Å². The number of aliphatic hydroxyl groups is 2. The van der Waals surface area contributed by atoms with Crippen molar-refractivity contribution in [2.75, 3.05) is 20.5 Å². The average Bonchev–Trinajstić information content (AvgIpc) is 3.02. The number of fused-ring (bicyclic) bond motifs is 5. The van der Waals surface area contributed by atoms with E-state index in [1.807, 2.05) is 0 Å². The van der Waals surface area contributed by atoms with Crippen LogP contribution < -0.4 is 0 Å². The van der Waals surface area contributed by atoms with E-state index in [1.165, 1.54) is 38.5 Å². The molecule has 0 aromatic rings. The Hall–Kier alpha value is -0.160.